The third-order valence-corrected chi connectivity index (χ3v) is 3.80. The van der Waals surface area contributed by atoms with Crippen LogP contribution < -0.4 is 10.1 Å². The van der Waals surface area contributed by atoms with Gasteiger partial charge in [0.05, 0.1) is 5.69 Å². The SMILES string of the molecule is Cc1ccc(Oc2ccnc(Nc3cccc(CCl)c3)c2)c(C)n1. The summed E-state index contributed by atoms with van der Waals surface area (Å²) >= 11 is 5.87. The van der Waals surface area contributed by atoms with E-state index in [-0.39, 0.29) is 0 Å². The van der Waals surface area contributed by atoms with E-state index in [1.165, 1.54) is 0 Å². The first-order valence-electron chi connectivity index (χ1n) is 7.64. The van der Waals surface area contributed by atoms with Crippen LogP contribution in [0.1, 0.15) is 17.0 Å². The molecule has 0 amide bonds. The molecule has 0 aliphatic carbocycles. The van der Waals surface area contributed by atoms with E-state index in [0.717, 1.165) is 28.4 Å². The van der Waals surface area contributed by atoms with Gasteiger partial charge in [0.1, 0.15) is 17.3 Å². The number of benzene rings is 1. The van der Waals surface area contributed by atoms with Gasteiger partial charge in [-0.2, -0.15) is 0 Å². The minimum Gasteiger partial charge on any atom is -0.455 e. The summed E-state index contributed by atoms with van der Waals surface area (Å²) in [6.07, 6.45) is 1.71. The van der Waals surface area contributed by atoms with Gasteiger partial charge in [-0.25, -0.2) is 4.98 Å². The standard InChI is InChI=1S/C19H18ClN3O/c1-13-6-7-18(14(2)22-13)24-17-8-9-21-19(11-17)23-16-5-3-4-15(10-16)12-20/h3-11H,12H2,1-2H3,(H,21,23). The van der Waals surface area contributed by atoms with E-state index in [2.05, 4.69) is 15.3 Å². The number of rotatable bonds is 5. The molecule has 0 saturated carbocycles. The fraction of sp³-hybridized carbons (Fsp3) is 0.158. The van der Waals surface area contributed by atoms with E-state index in [9.17, 15) is 0 Å². The Bertz CT molecular complexity index is 852. The molecule has 0 unspecified atom stereocenters. The molecule has 2 heterocycles. The minimum absolute atomic E-state index is 0.478. The molecule has 1 N–H and O–H groups in total. The lowest BCUT2D eigenvalue weighted by atomic mass is 10.2. The summed E-state index contributed by atoms with van der Waals surface area (Å²) in [6.45, 7) is 3.89. The Hall–Kier alpha value is -2.59. The maximum atomic E-state index is 5.92. The Morgan fingerprint density at radius 3 is 2.75 bits per heavy atom. The predicted octanol–water partition coefficient (Wildman–Crippen LogP) is 5.37. The third-order valence-electron chi connectivity index (χ3n) is 3.49. The van der Waals surface area contributed by atoms with Crippen LogP contribution >= 0.6 is 11.6 Å². The van der Waals surface area contributed by atoms with Gasteiger partial charge in [-0.1, -0.05) is 12.1 Å². The van der Waals surface area contributed by atoms with Crippen molar-refractivity contribution in [3.05, 3.63) is 71.7 Å². The van der Waals surface area contributed by atoms with Crippen molar-refractivity contribution < 1.29 is 4.74 Å². The van der Waals surface area contributed by atoms with Crippen LogP contribution in [0.5, 0.6) is 11.5 Å². The molecule has 4 nitrogen and oxygen atoms in total. The second-order valence-electron chi connectivity index (χ2n) is 5.47. The molecule has 0 atom stereocenters. The Kier molecular flexibility index (Phi) is 4.96. The third kappa shape index (κ3) is 4.03. The topological polar surface area (TPSA) is 47.0 Å². The molecule has 0 aliphatic rings. The summed E-state index contributed by atoms with van der Waals surface area (Å²) in [5, 5.41) is 3.26. The molecule has 0 aliphatic heterocycles. The van der Waals surface area contributed by atoms with Crippen LogP contribution in [0.3, 0.4) is 0 Å². The molecule has 24 heavy (non-hydrogen) atoms. The Labute approximate surface area is 146 Å². The molecule has 5 heteroatoms. The average Bonchev–Trinajstić information content (AvgIpc) is 2.58. The molecule has 0 radical (unpaired) electrons. The van der Waals surface area contributed by atoms with Crippen molar-refractivity contribution in [2.75, 3.05) is 5.32 Å². The summed E-state index contributed by atoms with van der Waals surface area (Å²) in [5.41, 5.74) is 3.81. The number of halogens is 1. The normalized spacial score (nSPS) is 10.5. The van der Waals surface area contributed by atoms with Gasteiger partial charge >= 0.3 is 0 Å². The molecule has 122 valence electrons. The average molecular weight is 340 g/mol. The van der Waals surface area contributed by atoms with E-state index >= 15 is 0 Å². The van der Waals surface area contributed by atoms with Gasteiger partial charge in [0, 0.05) is 29.5 Å². The first-order chi connectivity index (χ1) is 11.6. The molecule has 3 aromatic rings. The van der Waals surface area contributed by atoms with Crippen molar-refractivity contribution in [1.29, 1.82) is 0 Å². The van der Waals surface area contributed by atoms with Gasteiger partial charge < -0.3 is 10.1 Å². The molecule has 0 saturated heterocycles. The smallest absolute Gasteiger partial charge is 0.148 e. The number of anilines is 2. The zero-order valence-corrected chi connectivity index (χ0v) is 14.3. The lowest BCUT2D eigenvalue weighted by molar-refractivity contribution is 0.475. The van der Waals surface area contributed by atoms with Crippen molar-refractivity contribution in [2.24, 2.45) is 0 Å². The van der Waals surface area contributed by atoms with Gasteiger partial charge in [0.2, 0.25) is 0 Å². The first kappa shape index (κ1) is 16.3. The van der Waals surface area contributed by atoms with E-state index < -0.39 is 0 Å². The van der Waals surface area contributed by atoms with Crippen molar-refractivity contribution in [2.45, 2.75) is 19.7 Å². The number of hydrogen-bond donors (Lipinski definition) is 1. The van der Waals surface area contributed by atoms with E-state index in [1.54, 1.807) is 6.20 Å². The van der Waals surface area contributed by atoms with Crippen LogP contribution in [0.2, 0.25) is 0 Å². The van der Waals surface area contributed by atoms with Crippen LogP contribution in [0.25, 0.3) is 0 Å². The van der Waals surface area contributed by atoms with Crippen molar-refractivity contribution >= 4 is 23.1 Å². The predicted molar refractivity (Wildman–Crippen MR) is 97.3 cm³/mol. The molecule has 3 rings (SSSR count). The van der Waals surface area contributed by atoms with Gasteiger partial charge in [-0.3, -0.25) is 4.98 Å². The van der Waals surface area contributed by atoms with Gasteiger partial charge in [-0.15, -0.1) is 11.6 Å². The van der Waals surface area contributed by atoms with Crippen molar-refractivity contribution in [1.82, 2.24) is 9.97 Å². The Balaban J connectivity index is 1.78. The monoisotopic (exact) mass is 339 g/mol. The largest absolute Gasteiger partial charge is 0.455 e. The number of alkyl halides is 1. The number of hydrogen-bond acceptors (Lipinski definition) is 4. The fourth-order valence-corrected chi connectivity index (χ4v) is 2.50. The summed E-state index contributed by atoms with van der Waals surface area (Å²) in [4.78, 5) is 8.74. The summed E-state index contributed by atoms with van der Waals surface area (Å²) in [6, 6.07) is 15.4. The molecular formula is C19H18ClN3O. The number of nitrogens with one attached hydrogen (secondary N) is 1. The van der Waals surface area contributed by atoms with Gasteiger partial charge in [0.15, 0.2) is 0 Å². The molecule has 1 aromatic carbocycles. The Morgan fingerprint density at radius 2 is 1.96 bits per heavy atom. The molecule has 0 fully saturated rings. The zero-order valence-electron chi connectivity index (χ0n) is 13.6. The van der Waals surface area contributed by atoms with Crippen LogP contribution in [-0.4, -0.2) is 9.97 Å². The molecule has 0 spiro atoms. The van der Waals surface area contributed by atoms with E-state index in [1.807, 2.05) is 62.4 Å². The summed E-state index contributed by atoms with van der Waals surface area (Å²) in [5.74, 6) is 2.62. The highest BCUT2D eigenvalue weighted by molar-refractivity contribution is 6.17. The number of aryl methyl sites for hydroxylation is 2. The molecule has 0 bridgehead atoms. The highest BCUT2D eigenvalue weighted by Crippen LogP contribution is 2.26. The molecule has 2 aromatic heterocycles. The number of ether oxygens (including phenoxy) is 1. The van der Waals surface area contributed by atoms with E-state index in [0.29, 0.717) is 17.4 Å². The fourth-order valence-electron chi connectivity index (χ4n) is 2.33. The van der Waals surface area contributed by atoms with Crippen LogP contribution in [-0.2, 0) is 5.88 Å². The van der Waals surface area contributed by atoms with E-state index in [4.69, 9.17) is 16.3 Å². The quantitative estimate of drug-likeness (QED) is 0.635. The first-order valence-corrected chi connectivity index (χ1v) is 8.17. The summed E-state index contributed by atoms with van der Waals surface area (Å²) in [7, 11) is 0. The lowest BCUT2D eigenvalue weighted by Gasteiger charge is -2.11. The zero-order chi connectivity index (χ0) is 16.9. The second-order valence-corrected chi connectivity index (χ2v) is 5.74. The van der Waals surface area contributed by atoms with Crippen molar-refractivity contribution in [3.63, 3.8) is 0 Å². The van der Waals surface area contributed by atoms with Crippen LogP contribution in [0.4, 0.5) is 11.5 Å². The highest BCUT2D eigenvalue weighted by Gasteiger charge is 2.05. The number of aromatic nitrogens is 2. The van der Waals surface area contributed by atoms with Crippen LogP contribution in [0, 0.1) is 13.8 Å². The number of pyridine rings is 2. The van der Waals surface area contributed by atoms with Crippen molar-refractivity contribution in [3.8, 4) is 11.5 Å². The maximum Gasteiger partial charge on any atom is 0.148 e. The maximum absolute atomic E-state index is 5.92. The highest BCUT2D eigenvalue weighted by atomic mass is 35.5. The molecular weight excluding hydrogens is 322 g/mol. The summed E-state index contributed by atoms with van der Waals surface area (Å²) < 4.78 is 5.92. The minimum atomic E-state index is 0.478. The van der Waals surface area contributed by atoms with Gasteiger partial charge in [-0.05, 0) is 49.7 Å². The lowest BCUT2D eigenvalue weighted by Crippen LogP contribution is -1.96. The number of nitrogens with zero attached hydrogens (tertiary/aromatic N) is 2. The second kappa shape index (κ2) is 7.32. The Morgan fingerprint density at radius 1 is 1.08 bits per heavy atom. The van der Waals surface area contributed by atoms with Gasteiger partial charge in [0.25, 0.3) is 0 Å². The van der Waals surface area contributed by atoms with Crippen LogP contribution in [0.15, 0.2) is 54.7 Å².